The van der Waals surface area contributed by atoms with Gasteiger partial charge in [-0.15, -0.1) is 10.2 Å². The van der Waals surface area contributed by atoms with Gasteiger partial charge in [-0.25, -0.2) is 4.98 Å². The molecular formula is C8H11N5S. The van der Waals surface area contributed by atoms with Crippen LogP contribution in [0.3, 0.4) is 0 Å². The molecule has 0 aliphatic heterocycles. The van der Waals surface area contributed by atoms with E-state index in [2.05, 4.69) is 32.4 Å². The minimum absolute atomic E-state index is 0.707. The van der Waals surface area contributed by atoms with Crippen molar-refractivity contribution in [2.24, 2.45) is 0 Å². The molecule has 2 aromatic heterocycles. The maximum atomic E-state index is 4.01. The van der Waals surface area contributed by atoms with Crippen molar-refractivity contribution < 1.29 is 0 Å². The summed E-state index contributed by atoms with van der Waals surface area (Å²) in [4.78, 5) is 6.94. The predicted octanol–water partition coefficient (Wildman–Crippen LogP) is 1.44. The lowest BCUT2D eigenvalue weighted by Gasteiger charge is -1.97. The summed E-state index contributed by atoms with van der Waals surface area (Å²) in [7, 11) is 0. The van der Waals surface area contributed by atoms with Crippen LogP contribution >= 0.6 is 11.3 Å². The molecule has 0 amide bonds. The first-order chi connectivity index (χ1) is 6.88. The van der Waals surface area contributed by atoms with Gasteiger partial charge in [-0.2, -0.15) is 0 Å². The third-order valence-electron chi connectivity index (χ3n) is 1.75. The lowest BCUT2D eigenvalue weighted by Crippen LogP contribution is -1.98. The van der Waals surface area contributed by atoms with Crippen LogP contribution in [-0.4, -0.2) is 20.2 Å². The van der Waals surface area contributed by atoms with E-state index in [1.54, 1.807) is 23.9 Å². The number of nitrogens with zero attached hydrogens (tertiary/aromatic N) is 3. The largest absolute Gasteiger partial charge is 0.354 e. The summed E-state index contributed by atoms with van der Waals surface area (Å²) in [5, 5.41) is 13.1. The molecule has 0 aliphatic rings. The molecule has 0 spiro atoms. The van der Waals surface area contributed by atoms with E-state index >= 15 is 0 Å². The maximum Gasteiger partial charge on any atom is 0.205 e. The molecule has 0 saturated carbocycles. The molecule has 2 aromatic rings. The molecule has 74 valence electrons. The molecule has 0 unspecified atom stereocenters. The van der Waals surface area contributed by atoms with Crippen molar-refractivity contribution in [2.45, 2.75) is 19.9 Å². The number of anilines is 1. The van der Waals surface area contributed by atoms with Crippen molar-refractivity contribution in [2.75, 3.05) is 5.32 Å². The molecule has 0 radical (unpaired) electrons. The Kier molecular flexibility index (Phi) is 2.73. The molecule has 0 aromatic carbocycles. The summed E-state index contributed by atoms with van der Waals surface area (Å²) in [6.45, 7) is 2.78. The average molecular weight is 209 g/mol. The summed E-state index contributed by atoms with van der Waals surface area (Å²) in [5.74, 6) is 0. The summed E-state index contributed by atoms with van der Waals surface area (Å²) in [6.07, 6.45) is 4.38. The Hall–Kier alpha value is -1.43. The fraction of sp³-hybridized carbons (Fsp3) is 0.375. The standard InChI is InChI=1S/C8H11N5S/c1-2-7-12-13-8(14-7)10-4-6-3-9-5-11-6/h3,5H,2,4H2,1H3,(H,9,11)(H,10,13). The topological polar surface area (TPSA) is 66.5 Å². The van der Waals surface area contributed by atoms with E-state index in [9.17, 15) is 0 Å². The summed E-state index contributed by atoms with van der Waals surface area (Å²) in [5.41, 5.74) is 1.04. The number of aryl methyl sites for hydroxylation is 1. The van der Waals surface area contributed by atoms with Crippen LogP contribution in [0.15, 0.2) is 12.5 Å². The van der Waals surface area contributed by atoms with Crippen molar-refractivity contribution in [3.05, 3.63) is 23.2 Å². The number of imidazole rings is 1. The van der Waals surface area contributed by atoms with Gasteiger partial charge in [0.2, 0.25) is 5.13 Å². The second-order valence-corrected chi connectivity index (χ2v) is 3.85. The Morgan fingerprint density at radius 3 is 3.07 bits per heavy atom. The number of hydrogen-bond acceptors (Lipinski definition) is 5. The van der Waals surface area contributed by atoms with Crippen molar-refractivity contribution in [1.29, 1.82) is 0 Å². The highest BCUT2D eigenvalue weighted by Gasteiger charge is 2.01. The van der Waals surface area contributed by atoms with Gasteiger partial charge in [0, 0.05) is 6.20 Å². The van der Waals surface area contributed by atoms with Gasteiger partial charge >= 0.3 is 0 Å². The van der Waals surface area contributed by atoms with E-state index in [1.807, 2.05) is 0 Å². The third-order valence-corrected chi connectivity index (χ3v) is 2.78. The minimum atomic E-state index is 0.707. The summed E-state index contributed by atoms with van der Waals surface area (Å²) in [6, 6.07) is 0. The first kappa shape index (κ1) is 9.14. The number of nitrogens with one attached hydrogen (secondary N) is 2. The smallest absolute Gasteiger partial charge is 0.205 e. The fourth-order valence-electron chi connectivity index (χ4n) is 1.02. The first-order valence-corrected chi connectivity index (χ1v) is 5.23. The van der Waals surface area contributed by atoms with Gasteiger partial charge in [0.05, 0.1) is 18.6 Å². The summed E-state index contributed by atoms with van der Waals surface area (Å²) < 4.78 is 0. The highest BCUT2D eigenvalue weighted by atomic mass is 32.1. The minimum Gasteiger partial charge on any atom is -0.354 e. The van der Waals surface area contributed by atoms with E-state index < -0.39 is 0 Å². The fourth-order valence-corrected chi connectivity index (χ4v) is 1.70. The van der Waals surface area contributed by atoms with Gasteiger partial charge in [0.15, 0.2) is 0 Å². The second-order valence-electron chi connectivity index (χ2n) is 2.78. The van der Waals surface area contributed by atoms with Crippen molar-refractivity contribution in [1.82, 2.24) is 20.2 Å². The van der Waals surface area contributed by atoms with E-state index in [0.29, 0.717) is 6.54 Å². The number of H-pyrrole nitrogens is 1. The molecule has 14 heavy (non-hydrogen) atoms. The molecule has 2 rings (SSSR count). The molecule has 2 heterocycles. The molecular weight excluding hydrogens is 198 g/mol. The van der Waals surface area contributed by atoms with Crippen molar-refractivity contribution in [3.8, 4) is 0 Å². The van der Waals surface area contributed by atoms with Gasteiger partial charge in [-0.3, -0.25) is 0 Å². The third kappa shape index (κ3) is 2.08. The lowest BCUT2D eigenvalue weighted by atomic mass is 10.5. The Labute approximate surface area is 85.6 Å². The van der Waals surface area contributed by atoms with E-state index in [0.717, 1.165) is 22.3 Å². The highest BCUT2D eigenvalue weighted by Crippen LogP contribution is 2.15. The Bertz CT molecular complexity index is 380. The van der Waals surface area contributed by atoms with Crippen LogP contribution in [0.25, 0.3) is 0 Å². The molecule has 6 heteroatoms. The molecule has 0 aliphatic carbocycles. The van der Waals surface area contributed by atoms with Crippen LogP contribution in [0.4, 0.5) is 5.13 Å². The van der Waals surface area contributed by atoms with Gasteiger partial charge in [-0.1, -0.05) is 18.3 Å². The monoisotopic (exact) mass is 209 g/mol. The average Bonchev–Trinajstić information content (AvgIpc) is 2.86. The Balaban J connectivity index is 1.92. The van der Waals surface area contributed by atoms with Crippen molar-refractivity contribution >= 4 is 16.5 Å². The SMILES string of the molecule is CCc1nnc(NCc2cnc[nH]2)s1. The Morgan fingerprint density at radius 1 is 1.50 bits per heavy atom. The quantitative estimate of drug-likeness (QED) is 0.799. The van der Waals surface area contributed by atoms with E-state index in [-0.39, 0.29) is 0 Å². The van der Waals surface area contributed by atoms with Gasteiger partial charge < -0.3 is 10.3 Å². The molecule has 0 saturated heterocycles. The van der Waals surface area contributed by atoms with Crippen LogP contribution in [0.5, 0.6) is 0 Å². The van der Waals surface area contributed by atoms with Gasteiger partial charge in [0.1, 0.15) is 5.01 Å². The van der Waals surface area contributed by atoms with Crippen LogP contribution in [0.1, 0.15) is 17.6 Å². The molecule has 5 nitrogen and oxygen atoms in total. The van der Waals surface area contributed by atoms with Gasteiger partial charge in [0.25, 0.3) is 0 Å². The predicted molar refractivity (Wildman–Crippen MR) is 55.2 cm³/mol. The van der Waals surface area contributed by atoms with Crippen molar-refractivity contribution in [3.63, 3.8) is 0 Å². The molecule has 2 N–H and O–H groups in total. The lowest BCUT2D eigenvalue weighted by molar-refractivity contribution is 0.970. The zero-order chi connectivity index (χ0) is 9.80. The number of aromatic amines is 1. The molecule has 0 atom stereocenters. The van der Waals surface area contributed by atoms with E-state index in [4.69, 9.17) is 0 Å². The van der Waals surface area contributed by atoms with Crippen LogP contribution < -0.4 is 5.32 Å². The van der Waals surface area contributed by atoms with E-state index in [1.165, 1.54) is 0 Å². The number of rotatable bonds is 4. The zero-order valence-electron chi connectivity index (χ0n) is 7.82. The summed E-state index contributed by atoms with van der Waals surface area (Å²) >= 11 is 1.59. The first-order valence-electron chi connectivity index (χ1n) is 4.42. The van der Waals surface area contributed by atoms with Gasteiger partial charge in [-0.05, 0) is 6.42 Å². The highest BCUT2D eigenvalue weighted by molar-refractivity contribution is 7.15. The molecule has 0 fully saturated rings. The van der Waals surface area contributed by atoms with Crippen LogP contribution in [0, 0.1) is 0 Å². The molecule has 0 bridgehead atoms. The second kappa shape index (κ2) is 4.19. The van der Waals surface area contributed by atoms with Crippen LogP contribution in [-0.2, 0) is 13.0 Å². The number of aromatic nitrogens is 4. The maximum absolute atomic E-state index is 4.01. The Morgan fingerprint density at radius 2 is 2.43 bits per heavy atom. The van der Waals surface area contributed by atoms with Crippen LogP contribution in [0.2, 0.25) is 0 Å². The normalized spacial score (nSPS) is 10.4. The number of hydrogen-bond donors (Lipinski definition) is 2. The zero-order valence-corrected chi connectivity index (χ0v) is 8.64.